The Hall–Kier alpha value is -0.465. The number of carbonyl (C=O) groups excluding carboxylic acids is 1. The molecule has 0 spiro atoms. The lowest BCUT2D eigenvalue weighted by atomic mass is 10.0. The highest BCUT2D eigenvalue weighted by molar-refractivity contribution is 6.55. The van der Waals surface area contributed by atoms with Crippen LogP contribution in [-0.2, 0) is 4.74 Å². The van der Waals surface area contributed by atoms with Gasteiger partial charge in [-0.2, -0.15) is 0 Å². The van der Waals surface area contributed by atoms with Crippen LogP contribution in [0.4, 0.5) is 4.79 Å². The Labute approximate surface area is 62.3 Å². The molecule has 0 saturated heterocycles. The minimum absolute atomic E-state index is 0.258. The van der Waals surface area contributed by atoms with Gasteiger partial charge < -0.3 is 4.74 Å². The molecule has 0 aromatic carbocycles. The summed E-state index contributed by atoms with van der Waals surface area (Å²) >= 11 is 0. The SMILES string of the molecule is [B]C(=O)OC1(C)CCCC1. The van der Waals surface area contributed by atoms with Crippen LogP contribution in [0.25, 0.3) is 0 Å². The molecule has 0 amide bonds. The van der Waals surface area contributed by atoms with Crippen molar-refractivity contribution in [1.82, 2.24) is 0 Å². The summed E-state index contributed by atoms with van der Waals surface area (Å²) in [5, 5.41) is 0. The second kappa shape index (κ2) is 2.65. The van der Waals surface area contributed by atoms with Gasteiger partial charge in [0.1, 0.15) is 5.60 Å². The van der Waals surface area contributed by atoms with Gasteiger partial charge in [-0.25, -0.2) is 0 Å². The fourth-order valence-corrected chi connectivity index (χ4v) is 1.47. The predicted molar refractivity (Wildman–Crippen MR) is 39.1 cm³/mol. The Morgan fingerprint density at radius 1 is 1.50 bits per heavy atom. The van der Waals surface area contributed by atoms with E-state index in [1.54, 1.807) is 0 Å². The summed E-state index contributed by atoms with van der Waals surface area (Å²) in [5.41, 5.74) is -0.258. The third kappa shape index (κ3) is 1.76. The summed E-state index contributed by atoms with van der Waals surface area (Å²) < 4.78 is 4.94. The minimum Gasteiger partial charge on any atom is -0.468 e. The Morgan fingerprint density at radius 2 is 2.00 bits per heavy atom. The topological polar surface area (TPSA) is 26.3 Å². The highest BCUT2D eigenvalue weighted by Gasteiger charge is 2.30. The number of hydrogen-bond donors (Lipinski definition) is 0. The van der Waals surface area contributed by atoms with Gasteiger partial charge in [0.2, 0.25) is 13.7 Å². The van der Waals surface area contributed by atoms with Crippen molar-refractivity contribution in [2.75, 3.05) is 0 Å². The average molecular weight is 138 g/mol. The van der Waals surface area contributed by atoms with Gasteiger partial charge in [-0.15, -0.1) is 0 Å². The molecule has 1 fully saturated rings. The minimum atomic E-state index is -0.649. The fourth-order valence-electron chi connectivity index (χ4n) is 1.47. The van der Waals surface area contributed by atoms with Crippen LogP contribution >= 0.6 is 0 Å². The van der Waals surface area contributed by atoms with Crippen LogP contribution in [0, 0.1) is 0 Å². The molecule has 0 aromatic rings. The molecule has 0 atom stereocenters. The standard InChI is InChI=1S/C7H11BO2/c1-7(10-6(8)9)4-2-3-5-7/h2-5H2,1H3. The van der Waals surface area contributed by atoms with Crippen molar-refractivity contribution in [1.29, 1.82) is 0 Å². The van der Waals surface area contributed by atoms with Gasteiger partial charge in [-0.3, -0.25) is 4.79 Å². The second-order valence-corrected chi connectivity index (χ2v) is 3.08. The van der Waals surface area contributed by atoms with Gasteiger partial charge in [-0.1, -0.05) is 0 Å². The first kappa shape index (κ1) is 7.64. The molecule has 1 saturated carbocycles. The van der Waals surface area contributed by atoms with Crippen molar-refractivity contribution in [3.8, 4) is 0 Å². The molecule has 0 N–H and O–H groups in total. The van der Waals surface area contributed by atoms with Crippen molar-refractivity contribution >= 4 is 13.7 Å². The van der Waals surface area contributed by atoms with Crippen LogP contribution in [0.3, 0.4) is 0 Å². The summed E-state index contributed by atoms with van der Waals surface area (Å²) in [7, 11) is 4.90. The van der Waals surface area contributed by atoms with E-state index in [1.807, 2.05) is 6.92 Å². The first-order chi connectivity index (χ1) is 4.62. The van der Waals surface area contributed by atoms with E-state index in [0.29, 0.717) is 0 Å². The molecule has 1 rings (SSSR count). The predicted octanol–water partition coefficient (Wildman–Crippen LogP) is 1.62. The molecule has 10 heavy (non-hydrogen) atoms. The van der Waals surface area contributed by atoms with E-state index in [-0.39, 0.29) is 5.60 Å². The molecule has 1 aliphatic rings. The van der Waals surface area contributed by atoms with Crippen molar-refractivity contribution in [2.24, 2.45) is 0 Å². The average Bonchev–Trinajstić information content (AvgIpc) is 2.12. The quantitative estimate of drug-likeness (QED) is 0.514. The maximum atomic E-state index is 10.4. The van der Waals surface area contributed by atoms with Crippen molar-refractivity contribution < 1.29 is 9.53 Å². The van der Waals surface area contributed by atoms with E-state index in [9.17, 15) is 4.79 Å². The lowest BCUT2D eigenvalue weighted by Crippen LogP contribution is -2.27. The van der Waals surface area contributed by atoms with Crippen molar-refractivity contribution in [3.63, 3.8) is 0 Å². The second-order valence-electron chi connectivity index (χ2n) is 3.08. The number of ether oxygens (including phenoxy) is 1. The van der Waals surface area contributed by atoms with Crippen molar-refractivity contribution in [3.05, 3.63) is 0 Å². The Morgan fingerprint density at radius 3 is 2.40 bits per heavy atom. The van der Waals surface area contributed by atoms with Gasteiger partial charge in [0, 0.05) is 0 Å². The summed E-state index contributed by atoms with van der Waals surface area (Å²) in [5.74, 6) is -0.649. The van der Waals surface area contributed by atoms with Gasteiger partial charge >= 0.3 is 0 Å². The molecule has 0 aliphatic heterocycles. The van der Waals surface area contributed by atoms with Crippen LogP contribution in [0.5, 0.6) is 0 Å². The molecular weight excluding hydrogens is 127 g/mol. The van der Waals surface area contributed by atoms with Crippen LogP contribution in [-0.4, -0.2) is 19.3 Å². The van der Waals surface area contributed by atoms with Crippen LogP contribution in [0.15, 0.2) is 0 Å². The third-order valence-electron chi connectivity index (χ3n) is 2.01. The zero-order chi connectivity index (χ0) is 7.61. The highest BCUT2D eigenvalue weighted by Crippen LogP contribution is 2.32. The summed E-state index contributed by atoms with van der Waals surface area (Å²) in [6, 6.07) is 0. The summed E-state index contributed by atoms with van der Waals surface area (Å²) in [4.78, 5) is 10.4. The zero-order valence-electron chi connectivity index (χ0n) is 6.22. The maximum Gasteiger partial charge on any atom is 0.236 e. The Kier molecular flexibility index (Phi) is 2.02. The van der Waals surface area contributed by atoms with Crippen LogP contribution in [0.2, 0.25) is 0 Å². The molecule has 0 aromatic heterocycles. The molecule has 1 aliphatic carbocycles. The molecule has 0 heterocycles. The first-order valence-corrected chi connectivity index (χ1v) is 3.61. The molecule has 0 bridgehead atoms. The van der Waals surface area contributed by atoms with Gasteiger partial charge in [0.25, 0.3) is 0 Å². The lowest BCUT2D eigenvalue weighted by molar-refractivity contribution is 0.0479. The number of rotatable bonds is 1. The third-order valence-corrected chi connectivity index (χ3v) is 2.01. The van der Waals surface area contributed by atoms with E-state index >= 15 is 0 Å². The van der Waals surface area contributed by atoms with Gasteiger partial charge in [0.15, 0.2) is 0 Å². The molecule has 54 valence electrons. The van der Waals surface area contributed by atoms with Gasteiger partial charge in [0.05, 0.1) is 0 Å². The number of hydrogen-bond acceptors (Lipinski definition) is 2. The summed E-state index contributed by atoms with van der Waals surface area (Å²) in [6.45, 7) is 1.94. The molecule has 3 heteroatoms. The lowest BCUT2D eigenvalue weighted by Gasteiger charge is -2.23. The fraction of sp³-hybridized carbons (Fsp3) is 0.857. The molecule has 2 nitrogen and oxygen atoms in total. The highest BCUT2D eigenvalue weighted by atomic mass is 16.6. The van der Waals surface area contributed by atoms with E-state index < -0.39 is 5.87 Å². The smallest absolute Gasteiger partial charge is 0.236 e. The van der Waals surface area contributed by atoms with Gasteiger partial charge in [-0.05, 0) is 32.6 Å². The zero-order valence-corrected chi connectivity index (χ0v) is 6.22. The molecule has 0 unspecified atom stereocenters. The molecule has 2 radical (unpaired) electrons. The number of carbonyl (C=O) groups is 1. The Bertz CT molecular complexity index is 139. The van der Waals surface area contributed by atoms with E-state index in [1.165, 1.54) is 0 Å². The largest absolute Gasteiger partial charge is 0.468 e. The summed E-state index contributed by atoms with van der Waals surface area (Å²) in [6.07, 6.45) is 4.19. The maximum absolute atomic E-state index is 10.4. The van der Waals surface area contributed by atoms with Crippen LogP contribution < -0.4 is 0 Å². The van der Waals surface area contributed by atoms with E-state index in [0.717, 1.165) is 25.7 Å². The van der Waals surface area contributed by atoms with Crippen LogP contribution in [0.1, 0.15) is 32.6 Å². The Balaban J connectivity index is 2.43. The van der Waals surface area contributed by atoms with E-state index in [4.69, 9.17) is 12.6 Å². The molecular formula is C7H11BO2. The monoisotopic (exact) mass is 138 g/mol. The van der Waals surface area contributed by atoms with E-state index in [2.05, 4.69) is 0 Å². The normalized spacial score (nSPS) is 22.5. The van der Waals surface area contributed by atoms with Crippen molar-refractivity contribution in [2.45, 2.75) is 38.2 Å². The first-order valence-electron chi connectivity index (χ1n) is 3.61.